The van der Waals surface area contributed by atoms with Gasteiger partial charge in [-0.3, -0.25) is 4.79 Å². The van der Waals surface area contributed by atoms with E-state index >= 15 is 0 Å². The minimum absolute atomic E-state index is 0.0835. The normalized spacial score (nSPS) is 11.9. The van der Waals surface area contributed by atoms with Gasteiger partial charge in [0.05, 0.1) is 24.5 Å². The van der Waals surface area contributed by atoms with Crippen LogP contribution >= 0.6 is 11.6 Å². The number of allylic oxidation sites excluding steroid dienone is 1. The summed E-state index contributed by atoms with van der Waals surface area (Å²) in [4.78, 5) is 12.1. The van der Waals surface area contributed by atoms with Crippen LogP contribution in [0.2, 0.25) is 5.02 Å². The van der Waals surface area contributed by atoms with Crippen molar-refractivity contribution in [3.05, 3.63) is 70.1 Å². The molecule has 0 bridgehead atoms. The molecule has 5 heteroatoms. The summed E-state index contributed by atoms with van der Waals surface area (Å²) in [6, 6.07) is 10.1. The first-order chi connectivity index (χ1) is 10.2. The van der Waals surface area contributed by atoms with Crippen molar-refractivity contribution < 1.29 is 0 Å². The van der Waals surface area contributed by atoms with E-state index in [2.05, 4.69) is 23.9 Å². The molecule has 0 saturated carbocycles. The van der Waals surface area contributed by atoms with Crippen molar-refractivity contribution in [2.75, 3.05) is 5.32 Å². The molecule has 1 atom stereocenters. The van der Waals surface area contributed by atoms with Gasteiger partial charge in [0.25, 0.3) is 5.56 Å². The zero-order valence-electron chi connectivity index (χ0n) is 11.9. The van der Waals surface area contributed by atoms with Crippen LogP contribution in [0.25, 0.3) is 0 Å². The van der Waals surface area contributed by atoms with Crippen molar-refractivity contribution >= 4 is 17.3 Å². The topological polar surface area (TPSA) is 46.9 Å². The number of halogens is 1. The van der Waals surface area contributed by atoms with E-state index in [4.69, 9.17) is 11.6 Å². The third kappa shape index (κ3) is 3.52. The lowest BCUT2D eigenvalue weighted by atomic mass is 10.0. The van der Waals surface area contributed by atoms with Gasteiger partial charge in [0.2, 0.25) is 0 Å². The lowest BCUT2D eigenvalue weighted by Gasteiger charge is -2.19. The molecule has 21 heavy (non-hydrogen) atoms. The molecule has 0 spiro atoms. The molecule has 1 aromatic carbocycles. The number of benzene rings is 1. The van der Waals surface area contributed by atoms with Gasteiger partial charge in [0.1, 0.15) is 5.02 Å². The Kier molecular flexibility index (Phi) is 5.17. The highest BCUT2D eigenvalue weighted by molar-refractivity contribution is 6.32. The summed E-state index contributed by atoms with van der Waals surface area (Å²) < 4.78 is 1.28. The molecule has 4 nitrogen and oxygen atoms in total. The highest BCUT2D eigenvalue weighted by atomic mass is 35.5. The van der Waals surface area contributed by atoms with E-state index < -0.39 is 0 Å². The molecule has 0 aliphatic heterocycles. The molecular weight excluding hydrogens is 286 g/mol. The molecule has 0 aliphatic carbocycles. The van der Waals surface area contributed by atoms with Gasteiger partial charge < -0.3 is 5.32 Å². The van der Waals surface area contributed by atoms with Gasteiger partial charge in [-0.05, 0) is 12.0 Å². The zero-order chi connectivity index (χ0) is 15.2. The molecule has 0 saturated heterocycles. The van der Waals surface area contributed by atoms with Crippen LogP contribution < -0.4 is 10.9 Å². The first-order valence-electron chi connectivity index (χ1n) is 6.85. The van der Waals surface area contributed by atoms with Crippen molar-refractivity contribution in [3.8, 4) is 0 Å². The second-order valence-corrected chi connectivity index (χ2v) is 5.04. The Bertz CT molecular complexity index is 667. The van der Waals surface area contributed by atoms with E-state index in [-0.39, 0.29) is 16.6 Å². The van der Waals surface area contributed by atoms with Gasteiger partial charge in [0, 0.05) is 0 Å². The van der Waals surface area contributed by atoms with Crippen LogP contribution in [-0.2, 0) is 6.54 Å². The number of nitrogens with one attached hydrogen (secondary N) is 1. The quantitative estimate of drug-likeness (QED) is 0.829. The summed E-state index contributed by atoms with van der Waals surface area (Å²) in [5.41, 5.74) is 1.38. The lowest BCUT2D eigenvalue weighted by molar-refractivity contribution is 0.650. The Morgan fingerprint density at radius 2 is 2.14 bits per heavy atom. The van der Waals surface area contributed by atoms with Crippen LogP contribution in [0.3, 0.4) is 0 Å². The molecule has 1 aromatic heterocycles. The average molecular weight is 304 g/mol. The Morgan fingerprint density at radius 3 is 2.76 bits per heavy atom. The summed E-state index contributed by atoms with van der Waals surface area (Å²) in [7, 11) is 0. The molecule has 1 unspecified atom stereocenters. The Balaban J connectivity index is 2.28. The van der Waals surface area contributed by atoms with E-state index in [1.807, 2.05) is 30.3 Å². The second-order valence-electron chi connectivity index (χ2n) is 4.66. The molecule has 2 rings (SSSR count). The maximum atomic E-state index is 12.1. The van der Waals surface area contributed by atoms with Crippen LogP contribution in [-0.4, -0.2) is 9.78 Å². The SMILES string of the molecule is C=CCn1ncc(NC(CC)c2ccccc2)c(Cl)c1=O. The van der Waals surface area contributed by atoms with E-state index in [0.29, 0.717) is 12.2 Å². The summed E-state index contributed by atoms with van der Waals surface area (Å²) in [6.45, 7) is 6.01. The number of aromatic nitrogens is 2. The van der Waals surface area contributed by atoms with Crippen LogP contribution in [0.1, 0.15) is 24.9 Å². The molecule has 1 heterocycles. The molecule has 110 valence electrons. The first kappa shape index (κ1) is 15.3. The fourth-order valence-corrected chi connectivity index (χ4v) is 2.31. The third-order valence-corrected chi connectivity index (χ3v) is 3.59. The summed E-state index contributed by atoms with van der Waals surface area (Å²) in [5.74, 6) is 0. The van der Waals surface area contributed by atoms with E-state index in [0.717, 1.165) is 12.0 Å². The Hall–Kier alpha value is -2.07. The summed E-state index contributed by atoms with van der Waals surface area (Å²) >= 11 is 6.15. The maximum Gasteiger partial charge on any atom is 0.287 e. The van der Waals surface area contributed by atoms with Crippen molar-refractivity contribution in [1.82, 2.24) is 9.78 Å². The van der Waals surface area contributed by atoms with Gasteiger partial charge in [-0.15, -0.1) is 6.58 Å². The van der Waals surface area contributed by atoms with E-state index in [1.54, 1.807) is 12.3 Å². The van der Waals surface area contributed by atoms with Crippen molar-refractivity contribution in [2.45, 2.75) is 25.9 Å². The van der Waals surface area contributed by atoms with Crippen LogP contribution in [0.5, 0.6) is 0 Å². The minimum Gasteiger partial charge on any atom is -0.376 e. The number of nitrogens with zero attached hydrogens (tertiary/aromatic N) is 2. The standard InChI is InChI=1S/C16H18ClN3O/c1-3-10-20-16(21)15(17)14(11-18-20)19-13(4-2)12-8-6-5-7-9-12/h3,5-9,11,13,19H,1,4,10H2,2H3. The Labute approximate surface area is 129 Å². The predicted molar refractivity (Wildman–Crippen MR) is 86.8 cm³/mol. The van der Waals surface area contributed by atoms with Crippen molar-refractivity contribution in [2.24, 2.45) is 0 Å². The van der Waals surface area contributed by atoms with Gasteiger partial charge >= 0.3 is 0 Å². The molecule has 1 N–H and O–H groups in total. The summed E-state index contributed by atoms with van der Waals surface area (Å²) in [5, 5.41) is 7.54. The molecule has 2 aromatic rings. The largest absolute Gasteiger partial charge is 0.376 e. The van der Waals surface area contributed by atoms with Crippen LogP contribution in [0, 0.1) is 0 Å². The maximum absolute atomic E-state index is 12.1. The third-order valence-electron chi connectivity index (χ3n) is 3.23. The predicted octanol–water partition coefficient (Wildman–Crippen LogP) is 3.65. The number of anilines is 1. The number of hydrogen-bond donors (Lipinski definition) is 1. The smallest absolute Gasteiger partial charge is 0.287 e. The minimum atomic E-state index is -0.315. The highest BCUT2D eigenvalue weighted by Crippen LogP contribution is 2.25. The van der Waals surface area contributed by atoms with Gasteiger partial charge in [0.15, 0.2) is 0 Å². The first-order valence-corrected chi connectivity index (χ1v) is 7.23. The monoisotopic (exact) mass is 303 g/mol. The van der Waals surface area contributed by atoms with E-state index in [1.165, 1.54) is 4.68 Å². The highest BCUT2D eigenvalue weighted by Gasteiger charge is 2.14. The van der Waals surface area contributed by atoms with Crippen LogP contribution in [0.15, 0.2) is 54.0 Å². The van der Waals surface area contributed by atoms with Crippen LogP contribution in [0.4, 0.5) is 5.69 Å². The molecular formula is C16H18ClN3O. The molecule has 0 fully saturated rings. The average Bonchev–Trinajstić information content (AvgIpc) is 2.52. The molecule has 0 aliphatic rings. The fourth-order valence-electron chi connectivity index (χ4n) is 2.11. The number of hydrogen-bond acceptors (Lipinski definition) is 3. The lowest BCUT2D eigenvalue weighted by Crippen LogP contribution is -2.24. The van der Waals surface area contributed by atoms with Crippen molar-refractivity contribution in [1.29, 1.82) is 0 Å². The Morgan fingerprint density at radius 1 is 1.43 bits per heavy atom. The summed E-state index contributed by atoms with van der Waals surface area (Å²) in [6.07, 6.45) is 4.06. The van der Waals surface area contributed by atoms with Gasteiger partial charge in [-0.2, -0.15) is 5.10 Å². The fraction of sp³-hybridized carbons (Fsp3) is 0.250. The van der Waals surface area contributed by atoms with E-state index in [9.17, 15) is 4.79 Å². The number of rotatable bonds is 6. The second kappa shape index (κ2) is 7.09. The molecule has 0 radical (unpaired) electrons. The van der Waals surface area contributed by atoms with Crippen molar-refractivity contribution in [3.63, 3.8) is 0 Å². The van der Waals surface area contributed by atoms with Gasteiger partial charge in [-0.1, -0.05) is 54.9 Å². The zero-order valence-corrected chi connectivity index (χ0v) is 12.7. The molecule has 0 amide bonds. The van der Waals surface area contributed by atoms with Gasteiger partial charge in [-0.25, -0.2) is 4.68 Å².